The first-order chi connectivity index (χ1) is 14.3. The van der Waals surface area contributed by atoms with E-state index in [1.54, 1.807) is 18.2 Å². The highest BCUT2D eigenvalue weighted by atomic mass is 35.5. The monoisotopic (exact) mass is 446 g/mol. The average Bonchev–Trinajstić information content (AvgIpc) is 2.67. The van der Waals surface area contributed by atoms with Crippen LogP contribution in [0.15, 0.2) is 30.5 Å². The zero-order valence-electron chi connectivity index (χ0n) is 17.2. The molecule has 1 N–H and O–H groups in total. The molecule has 0 saturated heterocycles. The van der Waals surface area contributed by atoms with Crippen molar-refractivity contribution in [2.75, 3.05) is 5.32 Å². The summed E-state index contributed by atoms with van der Waals surface area (Å²) in [5.74, 6) is 0. The fourth-order valence-electron chi connectivity index (χ4n) is 3.69. The summed E-state index contributed by atoms with van der Waals surface area (Å²) in [7, 11) is 0. The number of aromatic nitrogens is 2. The standard InChI is InChI=1S/C22H24Cl2N4O2/c1-4-6-15(7-5-2)27-18-10-13(3)26-22-20(18)19(28(29)30)12-25-21(22)16-9-8-14(23)11-17(16)24/h8-12,15H,4-7H2,1-3H3,(H,26,27). The van der Waals surface area contributed by atoms with Crippen LogP contribution in [0.4, 0.5) is 11.4 Å². The fraction of sp³-hybridized carbons (Fsp3) is 0.364. The molecule has 2 heterocycles. The van der Waals surface area contributed by atoms with Crippen molar-refractivity contribution >= 4 is 45.5 Å². The lowest BCUT2D eigenvalue weighted by molar-refractivity contribution is -0.383. The Morgan fingerprint density at radius 1 is 1.17 bits per heavy atom. The highest BCUT2D eigenvalue weighted by Crippen LogP contribution is 2.39. The summed E-state index contributed by atoms with van der Waals surface area (Å²) in [6, 6.07) is 7.18. The predicted molar refractivity (Wildman–Crippen MR) is 124 cm³/mol. The van der Waals surface area contributed by atoms with Crippen LogP contribution < -0.4 is 5.32 Å². The number of nitrogens with zero attached hydrogens (tertiary/aromatic N) is 3. The molecule has 1 aromatic carbocycles. The zero-order chi connectivity index (χ0) is 21.8. The first-order valence-corrected chi connectivity index (χ1v) is 10.8. The number of nitrogens with one attached hydrogen (secondary N) is 1. The number of hydrogen-bond acceptors (Lipinski definition) is 5. The van der Waals surface area contributed by atoms with Crippen molar-refractivity contribution in [2.24, 2.45) is 0 Å². The summed E-state index contributed by atoms with van der Waals surface area (Å²) < 4.78 is 0. The molecular formula is C22H24Cl2N4O2. The van der Waals surface area contributed by atoms with Crippen LogP contribution in [0.1, 0.15) is 45.2 Å². The first kappa shape index (κ1) is 22.2. The molecule has 30 heavy (non-hydrogen) atoms. The third-order valence-electron chi connectivity index (χ3n) is 4.96. The fourth-order valence-corrected chi connectivity index (χ4v) is 4.19. The Hall–Kier alpha value is -2.44. The number of halogens is 2. The molecule has 3 rings (SSSR count). The molecule has 0 fully saturated rings. The Bertz CT molecular complexity index is 1080. The van der Waals surface area contributed by atoms with E-state index >= 15 is 0 Å². The largest absolute Gasteiger partial charge is 0.382 e. The number of aryl methyl sites for hydroxylation is 1. The second-order valence-corrected chi connectivity index (χ2v) is 8.17. The van der Waals surface area contributed by atoms with Crippen molar-refractivity contribution in [1.82, 2.24) is 9.97 Å². The highest BCUT2D eigenvalue weighted by molar-refractivity contribution is 6.36. The molecule has 3 aromatic rings. The first-order valence-electron chi connectivity index (χ1n) is 10.0. The summed E-state index contributed by atoms with van der Waals surface area (Å²) in [5.41, 5.74) is 2.92. The Morgan fingerprint density at radius 3 is 2.47 bits per heavy atom. The molecule has 0 bridgehead atoms. The minimum Gasteiger partial charge on any atom is -0.382 e. The SMILES string of the molecule is CCCC(CCC)Nc1cc(C)nc2c(-c3ccc(Cl)cc3Cl)ncc([N+](=O)[O-])c12. The van der Waals surface area contributed by atoms with Crippen LogP contribution >= 0.6 is 23.2 Å². The lowest BCUT2D eigenvalue weighted by Gasteiger charge is -2.21. The molecule has 2 aromatic heterocycles. The molecule has 0 aliphatic rings. The lowest BCUT2D eigenvalue weighted by Crippen LogP contribution is -2.19. The molecule has 8 heteroatoms. The number of nitro groups is 1. The zero-order valence-corrected chi connectivity index (χ0v) is 18.7. The lowest BCUT2D eigenvalue weighted by atomic mass is 10.0. The van der Waals surface area contributed by atoms with Gasteiger partial charge in [0.2, 0.25) is 0 Å². The van der Waals surface area contributed by atoms with E-state index < -0.39 is 4.92 Å². The predicted octanol–water partition coefficient (Wildman–Crippen LogP) is 7.20. The van der Waals surface area contributed by atoms with E-state index in [0.29, 0.717) is 37.9 Å². The third kappa shape index (κ3) is 4.65. The molecule has 0 unspecified atom stereocenters. The normalized spacial score (nSPS) is 11.3. The Kier molecular flexibility index (Phi) is 7.10. The van der Waals surface area contributed by atoms with E-state index in [4.69, 9.17) is 23.2 Å². The molecule has 0 atom stereocenters. The van der Waals surface area contributed by atoms with Crippen LogP contribution in [0.5, 0.6) is 0 Å². The Labute approximate surface area is 185 Å². The molecule has 0 radical (unpaired) electrons. The highest BCUT2D eigenvalue weighted by Gasteiger charge is 2.23. The number of rotatable bonds is 8. The summed E-state index contributed by atoms with van der Waals surface area (Å²) in [4.78, 5) is 20.4. The van der Waals surface area contributed by atoms with Gasteiger partial charge in [0.15, 0.2) is 0 Å². The number of fused-ring (bicyclic) bond motifs is 1. The van der Waals surface area contributed by atoms with E-state index in [1.807, 2.05) is 13.0 Å². The van der Waals surface area contributed by atoms with Gasteiger partial charge in [0.25, 0.3) is 5.69 Å². The topological polar surface area (TPSA) is 81.0 Å². The van der Waals surface area contributed by atoms with Gasteiger partial charge in [-0.15, -0.1) is 0 Å². The van der Waals surface area contributed by atoms with Crippen molar-refractivity contribution < 1.29 is 4.92 Å². The third-order valence-corrected chi connectivity index (χ3v) is 5.51. The van der Waals surface area contributed by atoms with Crippen LogP contribution in [-0.2, 0) is 0 Å². The summed E-state index contributed by atoms with van der Waals surface area (Å²) in [6.07, 6.45) is 5.28. The Balaban J connectivity index is 2.28. The van der Waals surface area contributed by atoms with Crippen LogP contribution in [0.25, 0.3) is 22.2 Å². The van der Waals surface area contributed by atoms with Gasteiger partial charge in [-0.2, -0.15) is 0 Å². The second kappa shape index (κ2) is 9.58. The number of hydrogen-bond donors (Lipinski definition) is 1. The van der Waals surface area contributed by atoms with Crippen LogP contribution in [0.2, 0.25) is 10.0 Å². The van der Waals surface area contributed by atoms with Gasteiger partial charge in [0.1, 0.15) is 17.1 Å². The maximum absolute atomic E-state index is 11.8. The summed E-state index contributed by atoms with van der Waals surface area (Å²) in [5, 5.41) is 16.7. The molecule has 0 amide bonds. The smallest absolute Gasteiger partial charge is 0.299 e. The molecule has 158 valence electrons. The van der Waals surface area contributed by atoms with Crippen molar-refractivity contribution in [3.8, 4) is 11.3 Å². The maximum atomic E-state index is 11.8. The van der Waals surface area contributed by atoms with Crippen LogP contribution in [0, 0.1) is 17.0 Å². The number of benzene rings is 1. The van der Waals surface area contributed by atoms with E-state index in [0.717, 1.165) is 31.4 Å². The summed E-state index contributed by atoms with van der Waals surface area (Å²) in [6.45, 7) is 6.13. The van der Waals surface area contributed by atoms with Gasteiger partial charge >= 0.3 is 0 Å². The quantitative estimate of drug-likeness (QED) is 0.292. The van der Waals surface area contributed by atoms with E-state index in [2.05, 4.69) is 29.1 Å². The molecule has 0 aliphatic carbocycles. The maximum Gasteiger partial charge on any atom is 0.299 e. The van der Waals surface area contributed by atoms with Gasteiger partial charge in [-0.25, -0.2) is 4.98 Å². The number of pyridine rings is 2. The molecular weight excluding hydrogens is 423 g/mol. The summed E-state index contributed by atoms with van der Waals surface area (Å²) >= 11 is 12.4. The van der Waals surface area contributed by atoms with E-state index in [9.17, 15) is 10.1 Å². The van der Waals surface area contributed by atoms with Crippen LogP contribution in [-0.4, -0.2) is 20.9 Å². The molecule has 0 saturated carbocycles. The van der Waals surface area contributed by atoms with Crippen molar-refractivity contribution in [3.63, 3.8) is 0 Å². The average molecular weight is 447 g/mol. The molecule has 0 spiro atoms. The molecule has 6 nitrogen and oxygen atoms in total. The minimum atomic E-state index is -0.417. The van der Waals surface area contributed by atoms with Gasteiger partial charge < -0.3 is 5.32 Å². The minimum absolute atomic E-state index is 0.0828. The van der Waals surface area contributed by atoms with Crippen LogP contribution in [0.3, 0.4) is 0 Å². The Morgan fingerprint density at radius 2 is 1.87 bits per heavy atom. The van der Waals surface area contributed by atoms with E-state index in [-0.39, 0.29) is 11.7 Å². The second-order valence-electron chi connectivity index (χ2n) is 7.33. The van der Waals surface area contributed by atoms with Crippen molar-refractivity contribution in [1.29, 1.82) is 0 Å². The van der Waals surface area contributed by atoms with Crippen molar-refractivity contribution in [3.05, 3.63) is 56.3 Å². The van der Waals surface area contributed by atoms with Gasteiger partial charge in [-0.3, -0.25) is 15.1 Å². The van der Waals surface area contributed by atoms with E-state index in [1.165, 1.54) is 6.20 Å². The van der Waals surface area contributed by atoms with Gasteiger partial charge in [-0.1, -0.05) is 49.9 Å². The molecule has 0 aliphatic heterocycles. The van der Waals surface area contributed by atoms with Gasteiger partial charge in [0.05, 0.1) is 21.3 Å². The van der Waals surface area contributed by atoms with Gasteiger partial charge in [0, 0.05) is 22.3 Å². The number of anilines is 1. The van der Waals surface area contributed by atoms with Gasteiger partial charge in [-0.05, 0) is 44.0 Å². The van der Waals surface area contributed by atoms with Crippen molar-refractivity contribution in [2.45, 2.75) is 52.5 Å².